The molecule has 1 heterocycles. The number of ether oxygens (including phenoxy) is 1. The number of hydrogen-bond donors (Lipinski definition) is 2. The van der Waals surface area contributed by atoms with Crippen LogP contribution < -0.4 is 11.1 Å². The highest BCUT2D eigenvalue weighted by molar-refractivity contribution is 5.92. The zero-order valence-electron chi connectivity index (χ0n) is 12.7. The van der Waals surface area contributed by atoms with E-state index in [1.54, 1.807) is 39.1 Å². The standard InChI is InChI=1S/C15H18N4O3/c1-15(2,3)22-14(21)18-12(13(16)20)11-10-7-5-4-6-9(10)8-17-19-11/h4-8,12H,1-3H3,(H2,16,20)(H,18,21). The molecular weight excluding hydrogens is 284 g/mol. The van der Waals surface area contributed by atoms with E-state index < -0.39 is 23.6 Å². The van der Waals surface area contributed by atoms with Crippen molar-refractivity contribution in [1.82, 2.24) is 15.5 Å². The van der Waals surface area contributed by atoms with Crippen LogP contribution in [0.5, 0.6) is 0 Å². The van der Waals surface area contributed by atoms with Gasteiger partial charge >= 0.3 is 6.09 Å². The van der Waals surface area contributed by atoms with Crippen LogP contribution in [0.3, 0.4) is 0 Å². The molecule has 2 aromatic rings. The Balaban J connectivity index is 2.35. The molecule has 1 aromatic heterocycles. The molecule has 1 aromatic carbocycles. The van der Waals surface area contributed by atoms with Crippen molar-refractivity contribution >= 4 is 22.8 Å². The monoisotopic (exact) mass is 302 g/mol. The first kappa shape index (κ1) is 15.7. The third-order valence-corrected chi connectivity index (χ3v) is 2.82. The summed E-state index contributed by atoms with van der Waals surface area (Å²) in [5.74, 6) is -0.739. The Bertz CT molecular complexity index is 704. The Kier molecular flexibility index (Phi) is 4.25. The second-order valence-corrected chi connectivity index (χ2v) is 5.80. The molecule has 0 spiro atoms. The Morgan fingerprint density at radius 1 is 1.27 bits per heavy atom. The van der Waals surface area contributed by atoms with Gasteiger partial charge in [-0.1, -0.05) is 24.3 Å². The van der Waals surface area contributed by atoms with E-state index in [9.17, 15) is 9.59 Å². The van der Waals surface area contributed by atoms with Gasteiger partial charge in [0.05, 0.1) is 6.20 Å². The van der Waals surface area contributed by atoms with Gasteiger partial charge < -0.3 is 15.8 Å². The number of fused-ring (bicyclic) bond motifs is 1. The van der Waals surface area contributed by atoms with Crippen molar-refractivity contribution in [3.63, 3.8) is 0 Å². The SMILES string of the molecule is CC(C)(C)OC(=O)NC(C(N)=O)c1nncc2ccccc12. The summed E-state index contributed by atoms with van der Waals surface area (Å²) < 4.78 is 5.15. The predicted octanol–water partition coefficient (Wildman–Crippen LogP) is 1.68. The summed E-state index contributed by atoms with van der Waals surface area (Å²) >= 11 is 0. The maximum absolute atomic E-state index is 11.9. The van der Waals surface area contributed by atoms with E-state index in [1.165, 1.54) is 0 Å². The normalized spacial score (nSPS) is 12.7. The molecule has 0 aliphatic heterocycles. The molecule has 7 heteroatoms. The predicted molar refractivity (Wildman–Crippen MR) is 80.8 cm³/mol. The molecule has 2 rings (SSSR count). The van der Waals surface area contributed by atoms with Gasteiger partial charge in [-0.15, -0.1) is 0 Å². The van der Waals surface area contributed by atoms with E-state index in [0.29, 0.717) is 5.39 Å². The molecule has 0 saturated carbocycles. The summed E-state index contributed by atoms with van der Waals surface area (Å²) in [7, 11) is 0. The fourth-order valence-electron chi connectivity index (χ4n) is 1.96. The number of nitrogens with two attached hydrogens (primary N) is 1. The fourth-order valence-corrected chi connectivity index (χ4v) is 1.96. The summed E-state index contributed by atoms with van der Waals surface area (Å²) in [5.41, 5.74) is 5.00. The van der Waals surface area contributed by atoms with Crippen LogP contribution >= 0.6 is 0 Å². The topological polar surface area (TPSA) is 107 Å². The van der Waals surface area contributed by atoms with Crippen molar-refractivity contribution in [2.24, 2.45) is 5.73 Å². The molecule has 0 bridgehead atoms. The minimum atomic E-state index is -1.12. The van der Waals surface area contributed by atoms with Crippen molar-refractivity contribution < 1.29 is 14.3 Å². The van der Waals surface area contributed by atoms with Crippen LogP contribution in [-0.4, -0.2) is 27.8 Å². The summed E-state index contributed by atoms with van der Waals surface area (Å²) in [6, 6.07) is 6.15. The minimum Gasteiger partial charge on any atom is -0.444 e. The van der Waals surface area contributed by atoms with Crippen molar-refractivity contribution in [1.29, 1.82) is 0 Å². The van der Waals surface area contributed by atoms with Gasteiger partial charge in [0.1, 0.15) is 11.3 Å². The van der Waals surface area contributed by atoms with Crippen molar-refractivity contribution in [3.05, 3.63) is 36.2 Å². The summed E-state index contributed by atoms with van der Waals surface area (Å²) in [6.07, 6.45) is 0.829. The van der Waals surface area contributed by atoms with Crippen LogP contribution in [0.1, 0.15) is 32.5 Å². The molecule has 116 valence electrons. The molecular formula is C15H18N4O3. The number of hydrogen-bond acceptors (Lipinski definition) is 5. The smallest absolute Gasteiger partial charge is 0.408 e. The first-order valence-electron chi connectivity index (χ1n) is 6.77. The van der Waals surface area contributed by atoms with E-state index in [0.717, 1.165) is 5.39 Å². The van der Waals surface area contributed by atoms with Crippen LogP contribution in [0.2, 0.25) is 0 Å². The first-order valence-corrected chi connectivity index (χ1v) is 6.77. The molecule has 22 heavy (non-hydrogen) atoms. The van der Waals surface area contributed by atoms with Gasteiger partial charge in [-0.25, -0.2) is 4.79 Å². The first-order chi connectivity index (χ1) is 10.3. The van der Waals surface area contributed by atoms with Crippen LogP contribution in [-0.2, 0) is 9.53 Å². The number of benzene rings is 1. The van der Waals surface area contributed by atoms with E-state index in [1.807, 2.05) is 12.1 Å². The maximum Gasteiger partial charge on any atom is 0.408 e. The number of carbonyl (C=O) groups excluding carboxylic acids is 2. The van der Waals surface area contributed by atoms with Crippen LogP contribution in [0.25, 0.3) is 10.8 Å². The molecule has 3 N–H and O–H groups in total. The number of carbonyl (C=O) groups is 2. The van der Waals surface area contributed by atoms with Gasteiger partial charge in [0, 0.05) is 10.8 Å². The van der Waals surface area contributed by atoms with Crippen molar-refractivity contribution in [2.75, 3.05) is 0 Å². The third-order valence-electron chi connectivity index (χ3n) is 2.82. The van der Waals surface area contributed by atoms with Crippen LogP contribution in [0.15, 0.2) is 30.5 Å². The number of primary amides is 1. The van der Waals surface area contributed by atoms with Gasteiger partial charge in [0.2, 0.25) is 5.91 Å². The Labute approximate surface area is 127 Å². The van der Waals surface area contributed by atoms with Crippen LogP contribution in [0.4, 0.5) is 4.79 Å². The lowest BCUT2D eigenvalue weighted by atomic mass is 10.1. The van der Waals surface area contributed by atoms with Crippen LogP contribution in [0, 0.1) is 0 Å². The van der Waals surface area contributed by atoms with Gasteiger partial charge in [-0.3, -0.25) is 4.79 Å². The third kappa shape index (κ3) is 3.69. The van der Waals surface area contributed by atoms with Crippen molar-refractivity contribution in [2.45, 2.75) is 32.4 Å². The summed E-state index contributed by atoms with van der Waals surface area (Å²) in [4.78, 5) is 23.6. The number of nitrogens with one attached hydrogen (secondary N) is 1. The highest BCUT2D eigenvalue weighted by Crippen LogP contribution is 2.21. The Morgan fingerprint density at radius 2 is 1.95 bits per heavy atom. The minimum absolute atomic E-state index is 0.288. The second-order valence-electron chi connectivity index (χ2n) is 5.80. The van der Waals surface area contributed by atoms with Gasteiger partial charge in [0.15, 0.2) is 6.04 Å². The number of rotatable bonds is 3. The lowest BCUT2D eigenvalue weighted by Crippen LogP contribution is -2.41. The molecule has 0 saturated heterocycles. The fraction of sp³-hybridized carbons (Fsp3) is 0.333. The molecule has 0 radical (unpaired) electrons. The quantitative estimate of drug-likeness (QED) is 0.897. The van der Waals surface area contributed by atoms with Crippen molar-refractivity contribution in [3.8, 4) is 0 Å². The lowest BCUT2D eigenvalue weighted by molar-refractivity contribution is -0.120. The highest BCUT2D eigenvalue weighted by Gasteiger charge is 2.26. The molecule has 2 amide bonds. The molecule has 7 nitrogen and oxygen atoms in total. The van der Waals surface area contributed by atoms with Gasteiger partial charge in [0.25, 0.3) is 0 Å². The number of amides is 2. The average molecular weight is 302 g/mol. The zero-order chi connectivity index (χ0) is 16.3. The number of aromatic nitrogens is 2. The molecule has 0 fully saturated rings. The van der Waals surface area contributed by atoms with E-state index in [2.05, 4.69) is 15.5 Å². The average Bonchev–Trinajstić information content (AvgIpc) is 2.42. The Hall–Kier alpha value is -2.70. The number of alkyl carbamates (subject to hydrolysis) is 1. The lowest BCUT2D eigenvalue weighted by Gasteiger charge is -2.22. The highest BCUT2D eigenvalue weighted by atomic mass is 16.6. The summed E-state index contributed by atoms with van der Waals surface area (Å²) in [6.45, 7) is 5.18. The zero-order valence-corrected chi connectivity index (χ0v) is 12.7. The van der Waals surface area contributed by atoms with Gasteiger partial charge in [-0.05, 0) is 20.8 Å². The Morgan fingerprint density at radius 3 is 2.59 bits per heavy atom. The molecule has 1 unspecified atom stereocenters. The van der Waals surface area contributed by atoms with E-state index >= 15 is 0 Å². The number of nitrogens with zero attached hydrogens (tertiary/aromatic N) is 2. The maximum atomic E-state index is 11.9. The summed E-state index contributed by atoms with van der Waals surface area (Å²) in [5, 5.41) is 11.7. The van der Waals surface area contributed by atoms with E-state index in [-0.39, 0.29) is 5.69 Å². The molecule has 0 aliphatic rings. The largest absolute Gasteiger partial charge is 0.444 e. The molecule has 1 atom stereocenters. The van der Waals surface area contributed by atoms with Gasteiger partial charge in [-0.2, -0.15) is 10.2 Å². The van der Waals surface area contributed by atoms with E-state index in [4.69, 9.17) is 10.5 Å². The molecule has 0 aliphatic carbocycles. The second kappa shape index (κ2) is 5.97.